The van der Waals surface area contributed by atoms with Gasteiger partial charge in [-0.3, -0.25) is 0 Å². The molecule has 0 rings (SSSR count). The third-order valence-corrected chi connectivity index (χ3v) is 3.47. The van der Waals surface area contributed by atoms with Gasteiger partial charge in [-0.05, 0) is 25.7 Å². The molecule has 0 aliphatic rings. The molecule has 0 radical (unpaired) electrons. The Morgan fingerprint density at radius 1 is 1.00 bits per heavy atom. The Hall–Kier alpha value is -0.730. The molecule has 0 bridgehead atoms. The van der Waals surface area contributed by atoms with Gasteiger partial charge in [0.1, 0.15) is 6.10 Å². The lowest BCUT2D eigenvalue weighted by Crippen LogP contribution is -2.24. The van der Waals surface area contributed by atoms with E-state index in [2.05, 4.69) is 18.6 Å². The Labute approximate surface area is 112 Å². The fraction of sp³-hybridized carbons (Fsp3) is 0.933. The van der Waals surface area contributed by atoms with Gasteiger partial charge < -0.3 is 9.47 Å². The molecule has 0 fully saturated rings. The van der Waals surface area contributed by atoms with Crippen molar-refractivity contribution in [3.63, 3.8) is 0 Å². The number of methoxy groups -OCH3 is 1. The lowest BCUT2D eigenvalue weighted by Gasteiger charge is -2.23. The van der Waals surface area contributed by atoms with Gasteiger partial charge in [-0.2, -0.15) is 0 Å². The quantitative estimate of drug-likeness (QED) is 0.411. The van der Waals surface area contributed by atoms with Crippen LogP contribution in [0.1, 0.15) is 72.1 Å². The van der Waals surface area contributed by atoms with E-state index in [1.807, 2.05) is 6.92 Å². The topological polar surface area (TPSA) is 35.5 Å². The second-order valence-electron chi connectivity index (χ2n) is 5.03. The summed E-state index contributed by atoms with van der Waals surface area (Å²) in [6.45, 7) is 6.40. The third kappa shape index (κ3) is 8.37. The second kappa shape index (κ2) is 11.4. The lowest BCUT2D eigenvalue weighted by molar-refractivity contribution is 0.0164. The minimum atomic E-state index is -0.558. The van der Waals surface area contributed by atoms with Crippen molar-refractivity contribution < 1.29 is 14.3 Å². The van der Waals surface area contributed by atoms with E-state index in [0.29, 0.717) is 5.92 Å². The maximum absolute atomic E-state index is 11.1. The van der Waals surface area contributed by atoms with Crippen LogP contribution in [0.2, 0.25) is 0 Å². The molecule has 0 aromatic carbocycles. The highest BCUT2D eigenvalue weighted by atomic mass is 16.7. The molecule has 0 aliphatic heterocycles. The van der Waals surface area contributed by atoms with E-state index in [9.17, 15) is 4.79 Å². The van der Waals surface area contributed by atoms with Crippen molar-refractivity contribution in [2.75, 3.05) is 7.11 Å². The normalized spacial score (nSPS) is 14.0. The Balaban J connectivity index is 4.06. The zero-order chi connectivity index (χ0) is 13.8. The van der Waals surface area contributed by atoms with Crippen LogP contribution in [0.15, 0.2) is 0 Å². The Bertz CT molecular complexity index is 204. The summed E-state index contributed by atoms with van der Waals surface area (Å²) in [4.78, 5) is 11.1. The van der Waals surface area contributed by atoms with Gasteiger partial charge in [0, 0.05) is 0 Å². The first-order valence-corrected chi connectivity index (χ1v) is 7.40. The molecule has 3 nitrogen and oxygen atoms in total. The highest BCUT2D eigenvalue weighted by molar-refractivity contribution is 5.59. The van der Waals surface area contributed by atoms with Gasteiger partial charge in [0.2, 0.25) is 0 Å². The summed E-state index contributed by atoms with van der Waals surface area (Å²) >= 11 is 0. The number of carbonyl (C=O) groups excluding carboxylic acids is 1. The summed E-state index contributed by atoms with van der Waals surface area (Å²) in [5.41, 5.74) is 0. The summed E-state index contributed by atoms with van der Waals surface area (Å²) in [7, 11) is 1.36. The molecule has 0 saturated carbocycles. The van der Waals surface area contributed by atoms with E-state index in [4.69, 9.17) is 4.74 Å². The molecule has 0 aliphatic carbocycles. The van der Waals surface area contributed by atoms with E-state index in [1.165, 1.54) is 45.6 Å². The first kappa shape index (κ1) is 17.3. The van der Waals surface area contributed by atoms with Gasteiger partial charge in [0.25, 0.3) is 0 Å². The number of hydrogen-bond donors (Lipinski definition) is 0. The smallest absolute Gasteiger partial charge is 0.438 e. The molecule has 2 unspecified atom stereocenters. The predicted molar refractivity (Wildman–Crippen MR) is 74.7 cm³/mol. The van der Waals surface area contributed by atoms with Crippen LogP contribution in [0.25, 0.3) is 0 Å². The zero-order valence-electron chi connectivity index (χ0n) is 12.5. The number of rotatable bonds is 10. The number of ether oxygens (including phenoxy) is 2. The predicted octanol–water partition coefficient (Wildman–Crippen LogP) is 4.93. The first-order valence-electron chi connectivity index (χ1n) is 7.40. The van der Waals surface area contributed by atoms with Gasteiger partial charge in [0.05, 0.1) is 7.11 Å². The number of unbranched alkanes of at least 4 members (excludes halogenated alkanes) is 4. The van der Waals surface area contributed by atoms with E-state index in [0.717, 1.165) is 12.8 Å². The molecule has 0 aromatic rings. The monoisotopic (exact) mass is 258 g/mol. The van der Waals surface area contributed by atoms with E-state index in [-0.39, 0.29) is 6.10 Å². The van der Waals surface area contributed by atoms with E-state index in [1.54, 1.807) is 0 Å². The van der Waals surface area contributed by atoms with Gasteiger partial charge in [-0.15, -0.1) is 0 Å². The Morgan fingerprint density at radius 2 is 1.61 bits per heavy atom. The van der Waals surface area contributed by atoms with Gasteiger partial charge in [-0.25, -0.2) is 4.79 Å². The van der Waals surface area contributed by atoms with Gasteiger partial charge >= 0.3 is 6.16 Å². The lowest BCUT2D eigenvalue weighted by atomic mass is 9.91. The van der Waals surface area contributed by atoms with Gasteiger partial charge in [-0.1, -0.05) is 52.4 Å². The van der Waals surface area contributed by atoms with E-state index < -0.39 is 6.16 Å². The summed E-state index contributed by atoms with van der Waals surface area (Å²) in [5, 5.41) is 0. The molecule has 0 heterocycles. The summed E-state index contributed by atoms with van der Waals surface area (Å²) in [6, 6.07) is 0. The Kier molecular flexibility index (Phi) is 10.9. The maximum atomic E-state index is 11.1. The van der Waals surface area contributed by atoms with Crippen LogP contribution in [0.5, 0.6) is 0 Å². The largest absolute Gasteiger partial charge is 0.508 e. The second-order valence-corrected chi connectivity index (χ2v) is 5.03. The number of carbonyl (C=O) groups is 1. The molecule has 0 spiro atoms. The van der Waals surface area contributed by atoms with Crippen LogP contribution < -0.4 is 0 Å². The van der Waals surface area contributed by atoms with Crippen LogP contribution in [0.4, 0.5) is 4.79 Å². The van der Waals surface area contributed by atoms with Crippen LogP contribution in [0.3, 0.4) is 0 Å². The van der Waals surface area contributed by atoms with Crippen molar-refractivity contribution in [1.82, 2.24) is 0 Å². The summed E-state index contributed by atoms with van der Waals surface area (Å²) in [6.07, 6.45) is 9.16. The molecule has 18 heavy (non-hydrogen) atoms. The molecule has 0 N–H and O–H groups in total. The average molecular weight is 258 g/mol. The minimum Gasteiger partial charge on any atom is -0.438 e. The third-order valence-electron chi connectivity index (χ3n) is 3.47. The van der Waals surface area contributed by atoms with Crippen molar-refractivity contribution in [2.24, 2.45) is 5.92 Å². The fourth-order valence-electron chi connectivity index (χ4n) is 2.21. The van der Waals surface area contributed by atoms with Crippen LogP contribution in [-0.4, -0.2) is 19.4 Å². The molecule has 0 amide bonds. The van der Waals surface area contributed by atoms with Crippen molar-refractivity contribution in [1.29, 1.82) is 0 Å². The van der Waals surface area contributed by atoms with E-state index >= 15 is 0 Å². The number of hydrogen-bond acceptors (Lipinski definition) is 3. The zero-order valence-corrected chi connectivity index (χ0v) is 12.5. The van der Waals surface area contributed by atoms with Crippen LogP contribution >= 0.6 is 0 Å². The maximum Gasteiger partial charge on any atom is 0.508 e. The fourth-order valence-corrected chi connectivity index (χ4v) is 2.21. The summed E-state index contributed by atoms with van der Waals surface area (Å²) in [5.74, 6) is 0.473. The van der Waals surface area contributed by atoms with Crippen LogP contribution in [0, 0.1) is 5.92 Å². The molecular weight excluding hydrogens is 228 g/mol. The standard InChI is InChI=1S/C15H30O3/c1-5-7-9-10-12-14(11-8-6-2)13(3)18-15(16)17-4/h13-14H,5-12H2,1-4H3. The van der Waals surface area contributed by atoms with Crippen molar-refractivity contribution in [3.8, 4) is 0 Å². The highest BCUT2D eigenvalue weighted by Gasteiger charge is 2.20. The first-order chi connectivity index (χ1) is 8.65. The SMILES string of the molecule is CCCCCCC(CCCC)C(C)OC(=O)OC. The van der Waals surface area contributed by atoms with Crippen molar-refractivity contribution in [3.05, 3.63) is 0 Å². The Morgan fingerprint density at radius 3 is 2.17 bits per heavy atom. The molecule has 3 heteroatoms. The summed E-state index contributed by atoms with van der Waals surface area (Å²) < 4.78 is 9.81. The molecular formula is C15H30O3. The minimum absolute atomic E-state index is 0.0365. The average Bonchev–Trinajstić information content (AvgIpc) is 2.37. The van der Waals surface area contributed by atoms with Crippen molar-refractivity contribution in [2.45, 2.75) is 78.2 Å². The molecule has 2 atom stereocenters. The molecule has 0 aromatic heterocycles. The molecule has 0 saturated heterocycles. The highest BCUT2D eigenvalue weighted by Crippen LogP contribution is 2.23. The van der Waals surface area contributed by atoms with Gasteiger partial charge in [0.15, 0.2) is 0 Å². The van der Waals surface area contributed by atoms with Crippen molar-refractivity contribution >= 4 is 6.16 Å². The van der Waals surface area contributed by atoms with Crippen LogP contribution in [-0.2, 0) is 9.47 Å². The molecule has 108 valence electrons.